The molecule has 0 radical (unpaired) electrons. The van der Waals surface area contributed by atoms with Crippen molar-refractivity contribution in [1.82, 2.24) is 0 Å². The number of hydrogen-bond acceptors (Lipinski definition) is 18. The predicted molar refractivity (Wildman–Crippen MR) is 271 cm³/mol. The zero-order valence-corrected chi connectivity index (χ0v) is 39.6. The van der Waals surface area contributed by atoms with Crippen molar-refractivity contribution in [1.29, 1.82) is 0 Å². The summed E-state index contributed by atoms with van der Waals surface area (Å²) in [5.74, 6) is 1.53. The molecule has 0 amide bonds. The average molecular weight is 996 g/mol. The molecule has 0 aromatic heterocycles. The highest BCUT2D eigenvalue weighted by atomic mass is 16.6. The number of fused-ring (bicyclic) bond motifs is 8. The molecule has 0 spiro atoms. The van der Waals surface area contributed by atoms with E-state index in [2.05, 4.69) is 46.8 Å². The van der Waals surface area contributed by atoms with E-state index in [0.29, 0.717) is 77.0 Å². The number of aromatic hydroxyl groups is 4. The molecule has 4 aromatic carbocycles. The topological polar surface area (TPSA) is 309 Å². The number of hydrogen-bond donors (Lipinski definition) is 4. The van der Waals surface area contributed by atoms with Crippen molar-refractivity contribution in [2.24, 2.45) is 40.9 Å². The first-order valence-electron chi connectivity index (χ1n) is 23.1. The van der Waals surface area contributed by atoms with Gasteiger partial charge in [-0.1, -0.05) is 18.1 Å². The highest BCUT2D eigenvalue weighted by Gasteiger charge is 2.23. The molecule has 4 N–H and O–H groups in total. The summed E-state index contributed by atoms with van der Waals surface area (Å²) in [4.78, 5) is 32.8. The number of benzene rings is 4. The van der Waals surface area contributed by atoms with Crippen molar-refractivity contribution < 1.29 is 35.2 Å². The molecule has 4 aliphatic rings. The van der Waals surface area contributed by atoms with Crippen molar-refractivity contribution >= 4 is 22.7 Å². The van der Waals surface area contributed by atoms with Gasteiger partial charge in [-0.15, -0.1) is 6.42 Å². The Morgan fingerprint density at radius 2 is 0.959 bits per heavy atom. The van der Waals surface area contributed by atoms with Gasteiger partial charge in [0.15, 0.2) is 0 Å². The second-order valence-electron chi connectivity index (χ2n) is 17.5. The molecule has 0 aliphatic heterocycles. The maximum absolute atomic E-state index is 12.2. The molecule has 74 heavy (non-hydrogen) atoms. The molecule has 0 saturated carbocycles. The molecular formula is C53H45N11O10. The van der Waals surface area contributed by atoms with E-state index >= 15 is 0 Å². The molecular weight excluding hydrogens is 951 g/mol. The second-order valence-corrected chi connectivity index (χ2v) is 17.5. The molecule has 0 fully saturated rings. The van der Waals surface area contributed by atoms with E-state index in [4.69, 9.17) is 6.42 Å². The van der Waals surface area contributed by atoms with Crippen LogP contribution in [0.1, 0.15) is 83.5 Å². The number of aryl methyl sites for hydroxylation is 2. The minimum Gasteiger partial charge on any atom is -0.507 e. The standard InChI is InChI=1S/C53H45N11O10/c1-3-8-47(62(69)70)17-31(2)54-58-43-21-32-9-4-5-10-33-22-44(59-55-40-11-6-7-12-40)24-35(51(33)66)19-37-26-46(61-57-42-14-16-49(30-42)64(73)74)28-39(53(37)68)20-38-27-45(60-56-41-13-15-48(29-41)63(71)72)25-36(52(38)67)18-34(23-43)50(32)65/h1,6-8,11,15-17,21-30,65-68H,4-5,9-10,12-14,18-20H2,2H3/b31-17+,47-8+,58-54?,59-55?,60-56?,61-57?. The zero-order chi connectivity index (χ0) is 52.5. The maximum atomic E-state index is 12.2. The third kappa shape index (κ3) is 12.4. The summed E-state index contributed by atoms with van der Waals surface area (Å²) in [7, 11) is 0. The van der Waals surface area contributed by atoms with Crippen LogP contribution >= 0.6 is 0 Å². The number of terminal acetylenes is 1. The summed E-state index contributed by atoms with van der Waals surface area (Å²) in [5, 5.41) is 118. The molecule has 8 rings (SSSR count). The van der Waals surface area contributed by atoms with Crippen LogP contribution < -0.4 is 0 Å². The lowest BCUT2D eigenvalue weighted by atomic mass is 9.92. The third-order valence-corrected chi connectivity index (χ3v) is 12.1. The van der Waals surface area contributed by atoms with Crippen LogP contribution in [0.4, 0.5) is 22.7 Å². The van der Waals surface area contributed by atoms with E-state index in [1.807, 2.05) is 18.2 Å². The molecule has 8 bridgehead atoms. The number of rotatable bonds is 12. The Balaban J connectivity index is 1.29. The average Bonchev–Trinajstić information content (AvgIpc) is 4.19. The van der Waals surface area contributed by atoms with E-state index in [1.165, 1.54) is 37.3 Å². The number of azo groups is 4. The lowest BCUT2D eigenvalue weighted by Gasteiger charge is -2.16. The summed E-state index contributed by atoms with van der Waals surface area (Å²) < 4.78 is 0. The first kappa shape index (κ1) is 50.5. The van der Waals surface area contributed by atoms with Crippen LogP contribution in [0.25, 0.3) is 0 Å². The zero-order valence-electron chi connectivity index (χ0n) is 39.6. The smallest absolute Gasteiger partial charge is 0.279 e. The fourth-order valence-electron chi connectivity index (χ4n) is 8.51. The van der Waals surface area contributed by atoms with E-state index < -0.39 is 14.8 Å². The summed E-state index contributed by atoms with van der Waals surface area (Å²) in [6, 6.07) is 12.8. The number of nitro groups is 3. The first-order chi connectivity index (χ1) is 35.6. The van der Waals surface area contributed by atoms with Gasteiger partial charge >= 0.3 is 0 Å². The van der Waals surface area contributed by atoms with Gasteiger partial charge in [-0.2, -0.15) is 40.9 Å². The van der Waals surface area contributed by atoms with Gasteiger partial charge in [-0.25, -0.2) is 0 Å². The minimum atomic E-state index is -0.653. The Kier molecular flexibility index (Phi) is 15.4. The predicted octanol–water partition coefficient (Wildman–Crippen LogP) is 12.9. The summed E-state index contributed by atoms with van der Waals surface area (Å²) in [6.45, 7) is 1.50. The van der Waals surface area contributed by atoms with Gasteiger partial charge in [0.25, 0.3) is 17.1 Å². The second kappa shape index (κ2) is 22.5. The SMILES string of the molecule is C#C/C=C(\C=C(/C)N=Nc1cc2c(O)c(c1)Cc1cc(N=NC3=CC([N+](=O)[O-])=CC3)cc(c1O)Cc1cc(N=NC3=CC([N+](=O)[O-])=CC3)cc(c1O)Cc1cc(N=NC3=CC=CC3)cc(c1O)CCCC2)[N+](=O)[O-]. The number of nitrogens with zero attached hydrogens (tertiary/aromatic N) is 11. The molecule has 21 nitrogen and oxygen atoms in total. The highest BCUT2D eigenvalue weighted by Crippen LogP contribution is 2.42. The lowest BCUT2D eigenvalue weighted by molar-refractivity contribution is -0.419. The van der Waals surface area contributed by atoms with Crippen molar-refractivity contribution in [2.45, 2.75) is 71.1 Å². The van der Waals surface area contributed by atoms with Crippen molar-refractivity contribution in [3.05, 3.63) is 218 Å². The molecule has 372 valence electrons. The molecule has 0 saturated heterocycles. The summed E-state index contributed by atoms with van der Waals surface area (Å²) in [6.07, 6.45) is 20.8. The number of phenolic OH excluding ortho intramolecular Hbond substituents is 4. The Bertz CT molecular complexity index is 3460. The summed E-state index contributed by atoms with van der Waals surface area (Å²) >= 11 is 0. The van der Waals surface area contributed by atoms with E-state index in [-0.39, 0.29) is 112 Å². The minimum absolute atomic E-state index is 0.0373. The number of allylic oxidation sites excluding steroid dienone is 10. The van der Waals surface area contributed by atoms with Gasteiger partial charge in [-0.05, 0) is 110 Å². The number of phenols is 4. The Hall–Kier alpha value is -9.84. The van der Waals surface area contributed by atoms with Crippen molar-refractivity contribution in [3.63, 3.8) is 0 Å². The van der Waals surface area contributed by atoms with Crippen LogP contribution in [0.15, 0.2) is 184 Å². The largest absolute Gasteiger partial charge is 0.507 e. The van der Waals surface area contributed by atoms with Gasteiger partial charge in [0, 0.05) is 90.1 Å². The third-order valence-electron chi connectivity index (χ3n) is 12.1. The van der Waals surface area contributed by atoms with Crippen LogP contribution in [0.2, 0.25) is 0 Å². The fraction of sp³-hybridized carbons (Fsp3) is 0.208. The van der Waals surface area contributed by atoms with E-state index in [0.717, 1.165) is 17.8 Å². The normalized spacial score (nSPS) is 16.2. The Labute approximate surface area is 422 Å². The monoisotopic (exact) mass is 995 g/mol. The van der Waals surface area contributed by atoms with Crippen LogP contribution in [-0.4, -0.2) is 35.2 Å². The molecule has 4 aliphatic carbocycles. The van der Waals surface area contributed by atoms with Crippen molar-refractivity contribution in [2.75, 3.05) is 0 Å². The van der Waals surface area contributed by atoms with Crippen LogP contribution in [0.5, 0.6) is 23.0 Å². The first-order valence-corrected chi connectivity index (χ1v) is 23.1. The molecule has 0 unspecified atom stereocenters. The van der Waals surface area contributed by atoms with Crippen LogP contribution in [0, 0.1) is 42.7 Å². The molecule has 0 atom stereocenters. The van der Waals surface area contributed by atoms with Gasteiger partial charge in [0.05, 0.1) is 66.4 Å². The molecule has 0 heterocycles. The van der Waals surface area contributed by atoms with Gasteiger partial charge in [0.1, 0.15) is 23.0 Å². The fourth-order valence-corrected chi connectivity index (χ4v) is 8.51. The quantitative estimate of drug-likeness (QED) is 0.0342. The van der Waals surface area contributed by atoms with Gasteiger partial charge in [0.2, 0.25) is 0 Å². The van der Waals surface area contributed by atoms with E-state index in [9.17, 15) is 50.8 Å². The summed E-state index contributed by atoms with van der Waals surface area (Å²) in [5.41, 5.74) is 4.78. The van der Waals surface area contributed by atoms with E-state index in [1.54, 1.807) is 42.5 Å². The van der Waals surface area contributed by atoms with Crippen LogP contribution in [-0.2, 0) is 32.1 Å². The Morgan fingerprint density at radius 1 is 0.568 bits per heavy atom. The van der Waals surface area contributed by atoms with Gasteiger partial charge in [-0.3, -0.25) is 30.3 Å². The Morgan fingerprint density at radius 3 is 1.32 bits per heavy atom. The lowest BCUT2D eigenvalue weighted by Crippen LogP contribution is -1.99. The maximum Gasteiger partial charge on any atom is 0.279 e. The van der Waals surface area contributed by atoms with Crippen LogP contribution in [0.3, 0.4) is 0 Å². The molecule has 21 heteroatoms. The van der Waals surface area contributed by atoms with Gasteiger partial charge < -0.3 is 20.4 Å². The highest BCUT2D eigenvalue weighted by molar-refractivity contribution is 5.62. The van der Waals surface area contributed by atoms with Crippen molar-refractivity contribution in [3.8, 4) is 35.3 Å². The molecule has 4 aromatic rings.